The zero-order valence-electron chi connectivity index (χ0n) is 14.6. The summed E-state index contributed by atoms with van der Waals surface area (Å²) in [6, 6.07) is 16.7. The minimum Gasteiger partial charge on any atom is -0.369 e. The molecule has 2 aromatic carbocycles. The van der Waals surface area contributed by atoms with Gasteiger partial charge in [0.05, 0.1) is 4.90 Å². The van der Waals surface area contributed by atoms with Crippen LogP contribution in [0.3, 0.4) is 0 Å². The number of nitrogens with zero attached hydrogens (tertiary/aromatic N) is 2. The maximum absolute atomic E-state index is 12.2. The van der Waals surface area contributed by atoms with Gasteiger partial charge in [0.25, 0.3) is 0 Å². The summed E-state index contributed by atoms with van der Waals surface area (Å²) in [7, 11) is -3.46. The molecular weight excluding hydrogens is 370 g/mol. The largest absolute Gasteiger partial charge is 0.369 e. The van der Waals surface area contributed by atoms with Crippen molar-refractivity contribution in [2.45, 2.75) is 11.3 Å². The van der Waals surface area contributed by atoms with Crippen LogP contribution in [0.1, 0.15) is 6.42 Å². The Morgan fingerprint density at radius 2 is 1.58 bits per heavy atom. The van der Waals surface area contributed by atoms with Crippen LogP contribution in [0.15, 0.2) is 59.5 Å². The summed E-state index contributed by atoms with van der Waals surface area (Å²) in [4.78, 5) is 5.02. The number of sulfonamides is 1. The van der Waals surface area contributed by atoms with Gasteiger partial charge in [0.1, 0.15) is 0 Å². The Bertz CT molecular complexity index is 789. The van der Waals surface area contributed by atoms with Crippen LogP contribution in [0.25, 0.3) is 0 Å². The van der Waals surface area contributed by atoms with Gasteiger partial charge in [0, 0.05) is 43.4 Å². The van der Waals surface area contributed by atoms with E-state index in [4.69, 9.17) is 11.6 Å². The third-order valence-electron chi connectivity index (χ3n) is 4.56. The molecule has 1 N–H and O–H groups in total. The van der Waals surface area contributed by atoms with Crippen LogP contribution in [0.5, 0.6) is 0 Å². The van der Waals surface area contributed by atoms with Crippen LogP contribution in [0, 0.1) is 0 Å². The third kappa shape index (κ3) is 5.20. The van der Waals surface area contributed by atoms with E-state index in [0.717, 1.165) is 39.1 Å². The Labute approximate surface area is 160 Å². The van der Waals surface area contributed by atoms with Crippen LogP contribution >= 0.6 is 11.6 Å². The second kappa shape index (κ2) is 8.86. The van der Waals surface area contributed by atoms with Gasteiger partial charge in [-0.3, -0.25) is 4.90 Å². The number of halogens is 1. The molecule has 140 valence electrons. The Morgan fingerprint density at radius 1 is 0.923 bits per heavy atom. The molecule has 0 aliphatic carbocycles. The van der Waals surface area contributed by atoms with Gasteiger partial charge in [-0.2, -0.15) is 0 Å². The summed E-state index contributed by atoms with van der Waals surface area (Å²) < 4.78 is 27.1. The molecule has 0 bridgehead atoms. The fraction of sp³-hybridized carbons (Fsp3) is 0.368. The predicted octanol–water partition coefficient (Wildman–Crippen LogP) is 2.83. The van der Waals surface area contributed by atoms with E-state index < -0.39 is 10.0 Å². The topological polar surface area (TPSA) is 52.7 Å². The molecule has 5 nitrogen and oxygen atoms in total. The Morgan fingerprint density at radius 3 is 2.23 bits per heavy atom. The fourth-order valence-electron chi connectivity index (χ4n) is 3.07. The molecule has 1 aliphatic rings. The summed E-state index contributed by atoms with van der Waals surface area (Å²) in [5.41, 5.74) is 1.27. The number of rotatable bonds is 7. The van der Waals surface area contributed by atoms with E-state index in [9.17, 15) is 8.42 Å². The molecule has 0 radical (unpaired) electrons. The monoisotopic (exact) mass is 393 g/mol. The van der Waals surface area contributed by atoms with Crippen LogP contribution in [-0.4, -0.2) is 52.6 Å². The average Bonchev–Trinajstić information content (AvgIpc) is 2.67. The number of hydrogen-bond acceptors (Lipinski definition) is 4. The number of hydrogen-bond donors (Lipinski definition) is 1. The van der Waals surface area contributed by atoms with Crippen LogP contribution in [-0.2, 0) is 10.0 Å². The first-order chi connectivity index (χ1) is 12.5. The highest BCUT2D eigenvalue weighted by molar-refractivity contribution is 7.89. The first-order valence-electron chi connectivity index (χ1n) is 8.82. The van der Waals surface area contributed by atoms with Crippen LogP contribution in [0.4, 0.5) is 5.69 Å². The van der Waals surface area contributed by atoms with Crippen molar-refractivity contribution in [3.8, 4) is 0 Å². The lowest BCUT2D eigenvalue weighted by atomic mass is 10.2. The van der Waals surface area contributed by atoms with Crippen LogP contribution in [0.2, 0.25) is 5.02 Å². The van der Waals surface area contributed by atoms with Crippen molar-refractivity contribution in [2.75, 3.05) is 44.2 Å². The maximum Gasteiger partial charge on any atom is 0.240 e. The first-order valence-corrected chi connectivity index (χ1v) is 10.7. The van der Waals surface area contributed by atoms with E-state index in [1.165, 1.54) is 17.8 Å². The molecule has 7 heteroatoms. The molecule has 2 aromatic rings. The third-order valence-corrected chi connectivity index (χ3v) is 6.29. The van der Waals surface area contributed by atoms with Gasteiger partial charge in [-0.05, 0) is 49.4 Å². The summed E-state index contributed by atoms with van der Waals surface area (Å²) in [5, 5.41) is 0.526. The van der Waals surface area contributed by atoms with E-state index in [0.29, 0.717) is 11.6 Å². The minimum atomic E-state index is -3.46. The molecule has 0 spiro atoms. The highest BCUT2D eigenvalue weighted by Gasteiger charge is 2.17. The molecular formula is C19H24ClN3O2S. The normalized spacial score (nSPS) is 16.0. The van der Waals surface area contributed by atoms with Gasteiger partial charge >= 0.3 is 0 Å². The SMILES string of the molecule is O=S(=O)(NCCCN1CCN(c2ccccc2)CC1)c1ccc(Cl)cc1. The molecule has 1 heterocycles. The Hall–Kier alpha value is -1.60. The van der Waals surface area contributed by atoms with Gasteiger partial charge in [0.2, 0.25) is 10.0 Å². The first kappa shape index (κ1) is 19.2. The van der Waals surface area contributed by atoms with E-state index in [1.54, 1.807) is 12.1 Å². The Balaban J connectivity index is 1.39. The standard InChI is InChI=1S/C19H24ClN3O2S/c20-17-7-9-19(10-8-17)26(24,25)21-11-4-12-22-13-15-23(16-14-22)18-5-2-1-3-6-18/h1-3,5-10,21H,4,11-16H2. The van der Waals surface area contributed by atoms with Crippen molar-refractivity contribution >= 4 is 27.3 Å². The second-order valence-electron chi connectivity index (χ2n) is 6.37. The van der Waals surface area contributed by atoms with Gasteiger partial charge in [0.15, 0.2) is 0 Å². The quantitative estimate of drug-likeness (QED) is 0.735. The molecule has 0 unspecified atom stereocenters. The number of benzene rings is 2. The second-order valence-corrected chi connectivity index (χ2v) is 8.57. The molecule has 1 fully saturated rings. The lowest BCUT2D eigenvalue weighted by Crippen LogP contribution is -2.47. The van der Waals surface area contributed by atoms with Crippen LogP contribution < -0.4 is 9.62 Å². The number of nitrogens with one attached hydrogen (secondary N) is 1. The molecule has 0 saturated carbocycles. The molecule has 0 amide bonds. The number of anilines is 1. The summed E-state index contributed by atoms with van der Waals surface area (Å²) in [5.74, 6) is 0. The number of piperazine rings is 1. The molecule has 1 aliphatic heterocycles. The average molecular weight is 394 g/mol. The van der Waals surface area contributed by atoms with E-state index >= 15 is 0 Å². The summed E-state index contributed by atoms with van der Waals surface area (Å²) >= 11 is 5.80. The van der Waals surface area contributed by atoms with E-state index in [-0.39, 0.29) is 4.90 Å². The van der Waals surface area contributed by atoms with Crippen molar-refractivity contribution < 1.29 is 8.42 Å². The van der Waals surface area contributed by atoms with Gasteiger partial charge in [-0.15, -0.1) is 0 Å². The van der Waals surface area contributed by atoms with Crippen molar-refractivity contribution in [1.29, 1.82) is 0 Å². The molecule has 1 saturated heterocycles. The molecule has 26 heavy (non-hydrogen) atoms. The van der Waals surface area contributed by atoms with Crippen molar-refractivity contribution in [1.82, 2.24) is 9.62 Å². The lowest BCUT2D eigenvalue weighted by molar-refractivity contribution is 0.255. The molecule has 0 aromatic heterocycles. The lowest BCUT2D eigenvalue weighted by Gasteiger charge is -2.36. The van der Waals surface area contributed by atoms with Crippen molar-refractivity contribution in [3.63, 3.8) is 0 Å². The van der Waals surface area contributed by atoms with Gasteiger partial charge in [-0.1, -0.05) is 29.8 Å². The molecule has 3 rings (SSSR count). The molecule has 0 atom stereocenters. The summed E-state index contributed by atoms with van der Waals surface area (Å²) in [6.45, 7) is 5.33. The van der Waals surface area contributed by atoms with Crippen molar-refractivity contribution in [2.24, 2.45) is 0 Å². The minimum absolute atomic E-state index is 0.248. The summed E-state index contributed by atoms with van der Waals surface area (Å²) in [6.07, 6.45) is 0.790. The van der Waals surface area contributed by atoms with Crippen molar-refractivity contribution in [3.05, 3.63) is 59.6 Å². The maximum atomic E-state index is 12.2. The van der Waals surface area contributed by atoms with E-state index in [2.05, 4.69) is 38.8 Å². The highest BCUT2D eigenvalue weighted by atomic mass is 35.5. The zero-order valence-corrected chi connectivity index (χ0v) is 16.2. The Kier molecular flexibility index (Phi) is 6.53. The fourth-order valence-corrected chi connectivity index (χ4v) is 4.27. The zero-order chi connectivity index (χ0) is 18.4. The number of para-hydroxylation sites is 1. The van der Waals surface area contributed by atoms with Gasteiger partial charge < -0.3 is 4.90 Å². The predicted molar refractivity (Wildman–Crippen MR) is 106 cm³/mol. The van der Waals surface area contributed by atoms with E-state index in [1.807, 2.05) is 6.07 Å². The smallest absolute Gasteiger partial charge is 0.240 e. The highest BCUT2D eigenvalue weighted by Crippen LogP contribution is 2.16. The van der Waals surface area contributed by atoms with Gasteiger partial charge in [-0.25, -0.2) is 13.1 Å².